The fourth-order valence-corrected chi connectivity index (χ4v) is 2.63. The Morgan fingerprint density at radius 2 is 1.96 bits per heavy atom. The summed E-state index contributed by atoms with van der Waals surface area (Å²) in [6.45, 7) is 0.156. The summed E-state index contributed by atoms with van der Waals surface area (Å²) in [7, 11) is 2.84. The van der Waals surface area contributed by atoms with E-state index in [9.17, 15) is 18.0 Å². The lowest BCUT2D eigenvalue weighted by Gasteiger charge is -2.18. The minimum atomic E-state index is -4.58. The van der Waals surface area contributed by atoms with Crippen LogP contribution in [0, 0.1) is 0 Å². The number of alkyl halides is 3. The van der Waals surface area contributed by atoms with Gasteiger partial charge in [-0.1, -0.05) is 0 Å². The van der Waals surface area contributed by atoms with Crippen LogP contribution in [0.3, 0.4) is 0 Å². The van der Waals surface area contributed by atoms with Gasteiger partial charge in [0.25, 0.3) is 5.91 Å². The van der Waals surface area contributed by atoms with E-state index in [0.717, 1.165) is 4.68 Å². The Balaban J connectivity index is 1.76. The van der Waals surface area contributed by atoms with Crippen LogP contribution in [0.15, 0.2) is 37.2 Å². The Hall–Kier alpha value is -3.24. The van der Waals surface area contributed by atoms with Gasteiger partial charge in [-0.2, -0.15) is 18.3 Å². The molecule has 27 heavy (non-hydrogen) atoms. The zero-order valence-electron chi connectivity index (χ0n) is 14.6. The van der Waals surface area contributed by atoms with Crippen molar-refractivity contribution < 1.29 is 18.0 Å². The van der Waals surface area contributed by atoms with Crippen LogP contribution < -0.4 is 0 Å². The first kappa shape index (κ1) is 18.5. The van der Waals surface area contributed by atoms with Crippen molar-refractivity contribution in [2.75, 3.05) is 7.05 Å². The lowest BCUT2D eigenvalue weighted by atomic mass is 10.1. The Labute approximate surface area is 152 Å². The fourth-order valence-electron chi connectivity index (χ4n) is 2.63. The Morgan fingerprint density at radius 1 is 1.26 bits per heavy atom. The van der Waals surface area contributed by atoms with Gasteiger partial charge in [-0.25, -0.2) is 0 Å². The largest absolute Gasteiger partial charge is 0.435 e. The van der Waals surface area contributed by atoms with Crippen LogP contribution >= 0.6 is 0 Å². The van der Waals surface area contributed by atoms with Crippen molar-refractivity contribution in [2.24, 2.45) is 7.05 Å². The molecule has 0 bridgehead atoms. The molecule has 0 saturated carbocycles. The number of carbonyl (C=O) groups excluding carboxylic acids is 1. The quantitative estimate of drug-likeness (QED) is 0.675. The monoisotopic (exact) mass is 379 g/mol. The summed E-state index contributed by atoms with van der Waals surface area (Å²) in [5, 5.41) is 10.8. The van der Waals surface area contributed by atoms with Gasteiger partial charge >= 0.3 is 6.18 Å². The van der Waals surface area contributed by atoms with Gasteiger partial charge in [0, 0.05) is 44.2 Å². The highest BCUT2D eigenvalue weighted by atomic mass is 19.4. The van der Waals surface area contributed by atoms with Gasteiger partial charge in [0.1, 0.15) is 12.7 Å². The smallest absolute Gasteiger partial charge is 0.337 e. The predicted molar refractivity (Wildman–Crippen MR) is 87.4 cm³/mol. The summed E-state index contributed by atoms with van der Waals surface area (Å²) in [6, 6.07) is 3.11. The highest BCUT2D eigenvalue weighted by Crippen LogP contribution is 2.31. The average Bonchev–Trinajstić information content (AvgIpc) is 3.23. The number of halogens is 3. The van der Waals surface area contributed by atoms with E-state index in [1.807, 2.05) is 0 Å². The zero-order valence-corrected chi connectivity index (χ0v) is 14.6. The summed E-state index contributed by atoms with van der Waals surface area (Å²) in [5.41, 5.74) is -0.133. The predicted octanol–water partition coefficient (Wildman–Crippen LogP) is 1.75. The highest BCUT2D eigenvalue weighted by molar-refractivity contribution is 5.94. The standard InChI is InChI=1S/C16H16F3N7O/c1-24(6-12-7-25(2)23-14(12)16(17,18)19)15(27)11-3-4-20-13(5-11)8-26-9-21-22-10-26/h3-5,7,9-10H,6,8H2,1-2H3. The van der Waals surface area contributed by atoms with Crippen LogP contribution in [0.25, 0.3) is 0 Å². The molecular weight excluding hydrogens is 363 g/mol. The Bertz CT molecular complexity index is 934. The van der Waals surface area contributed by atoms with Crippen LogP contribution in [0.2, 0.25) is 0 Å². The van der Waals surface area contributed by atoms with E-state index < -0.39 is 17.8 Å². The number of hydrogen-bond acceptors (Lipinski definition) is 5. The SMILES string of the molecule is CN(Cc1cn(C)nc1C(F)(F)F)C(=O)c1ccnc(Cn2cnnc2)c1. The van der Waals surface area contributed by atoms with Crippen molar-refractivity contribution in [3.8, 4) is 0 Å². The van der Waals surface area contributed by atoms with E-state index in [1.165, 1.54) is 50.1 Å². The molecule has 0 fully saturated rings. The van der Waals surface area contributed by atoms with Crippen LogP contribution in [0.4, 0.5) is 13.2 Å². The molecular formula is C16H16F3N7O. The number of amides is 1. The molecule has 8 nitrogen and oxygen atoms in total. The Kier molecular flexibility index (Phi) is 4.93. The molecule has 3 aromatic rings. The van der Waals surface area contributed by atoms with E-state index in [0.29, 0.717) is 17.8 Å². The van der Waals surface area contributed by atoms with Gasteiger partial charge in [0.15, 0.2) is 5.69 Å². The third kappa shape index (κ3) is 4.30. The van der Waals surface area contributed by atoms with Gasteiger partial charge in [0.05, 0.1) is 12.2 Å². The molecule has 0 unspecified atom stereocenters. The maximum absolute atomic E-state index is 13.1. The molecule has 0 aliphatic carbocycles. The average molecular weight is 379 g/mol. The first-order valence-corrected chi connectivity index (χ1v) is 7.86. The van der Waals surface area contributed by atoms with E-state index in [4.69, 9.17) is 0 Å². The number of carbonyl (C=O) groups is 1. The molecule has 142 valence electrons. The molecule has 3 rings (SSSR count). The molecule has 0 saturated heterocycles. The summed E-state index contributed by atoms with van der Waals surface area (Å²) in [4.78, 5) is 18.0. The van der Waals surface area contributed by atoms with Crippen molar-refractivity contribution >= 4 is 5.91 Å². The minimum absolute atomic E-state index is 0.0698. The van der Waals surface area contributed by atoms with Gasteiger partial charge in [0.2, 0.25) is 0 Å². The molecule has 0 aromatic carbocycles. The molecule has 0 atom stereocenters. The van der Waals surface area contributed by atoms with Crippen molar-refractivity contribution in [1.29, 1.82) is 0 Å². The molecule has 1 amide bonds. The maximum atomic E-state index is 13.1. The number of nitrogens with zero attached hydrogens (tertiary/aromatic N) is 7. The maximum Gasteiger partial charge on any atom is 0.435 e. The van der Waals surface area contributed by atoms with Crippen molar-refractivity contribution in [2.45, 2.75) is 19.3 Å². The fraction of sp³-hybridized carbons (Fsp3) is 0.312. The molecule has 0 aliphatic rings. The van der Waals surface area contributed by atoms with Crippen molar-refractivity contribution in [1.82, 2.24) is 34.4 Å². The second-order valence-corrected chi connectivity index (χ2v) is 6.01. The first-order valence-electron chi connectivity index (χ1n) is 7.86. The van der Waals surface area contributed by atoms with E-state index in [-0.39, 0.29) is 12.1 Å². The lowest BCUT2D eigenvalue weighted by molar-refractivity contribution is -0.142. The van der Waals surface area contributed by atoms with E-state index >= 15 is 0 Å². The number of aromatic nitrogens is 6. The molecule has 3 heterocycles. The van der Waals surface area contributed by atoms with Gasteiger partial charge in [-0.15, -0.1) is 10.2 Å². The van der Waals surface area contributed by atoms with Crippen LogP contribution in [0.5, 0.6) is 0 Å². The van der Waals surface area contributed by atoms with Crippen LogP contribution in [-0.2, 0) is 26.3 Å². The Morgan fingerprint density at radius 3 is 2.63 bits per heavy atom. The van der Waals surface area contributed by atoms with Gasteiger partial charge in [-0.05, 0) is 12.1 Å². The molecule has 3 aromatic heterocycles. The third-order valence-electron chi connectivity index (χ3n) is 3.80. The van der Waals surface area contributed by atoms with Crippen LogP contribution in [-0.4, -0.2) is 47.4 Å². The topological polar surface area (TPSA) is 81.7 Å². The van der Waals surface area contributed by atoms with Gasteiger partial charge in [-0.3, -0.25) is 14.5 Å². The third-order valence-corrected chi connectivity index (χ3v) is 3.80. The normalized spacial score (nSPS) is 11.6. The number of rotatable bonds is 5. The first-order chi connectivity index (χ1) is 12.7. The van der Waals surface area contributed by atoms with Crippen molar-refractivity contribution in [3.05, 3.63) is 59.7 Å². The second-order valence-electron chi connectivity index (χ2n) is 6.01. The molecule has 0 radical (unpaired) electrons. The summed E-state index contributed by atoms with van der Waals surface area (Å²) >= 11 is 0. The minimum Gasteiger partial charge on any atom is -0.337 e. The summed E-state index contributed by atoms with van der Waals surface area (Å²) in [6.07, 6.45) is 1.19. The zero-order chi connectivity index (χ0) is 19.6. The number of aryl methyl sites for hydroxylation is 1. The van der Waals surface area contributed by atoms with Crippen LogP contribution in [0.1, 0.15) is 27.3 Å². The molecule has 11 heteroatoms. The lowest BCUT2D eigenvalue weighted by Crippen LogP contribution is -2.27. The summed E-state index contributed by atoms with van der Waals surface area (Å²) in [5.74, 6) is -0.417. The molecule has 0 spiro atoms. The summed E-state index contributed by atoms with van der Waals surface area (Å²) < 4.78 is 42.0. The van der Waals surface area contributed by atoms with E-state index in [2.05, 4.69) is 20.3 Å². The molecule has 0 N–H and O–H groups in total. The van der Waals surface area contributed by atoms with Gasteiger partial charge < -0.3 is 9.47 Å². The number of pyridine rings is 1. The number of hydrogen-bond donors (Lipinski definition) is 0. The highest BCUT2D eigenvalue weighted by Gasteiger charge is 2.37. The molecule has 0 aliphatic heterocycles. The van der Waals surface area contributed by atoms with Crippen molar-refractivity contribution in [3.63, 3.8) is 0 Å². The van der Waals surface area contributed by atoms with E-state index in [1.54, 1.807) is 10.6 Å². The second kappa shape index (κ2) is 7.17.